The van der Waals surface area contributed by atoms with E-state index in [1.165, 1.54) is 23.0 Å². The molecule has 0 radical (unpaired) electrons. The number of carbonyl (C=O) groups excluding carboxylic acids is 1. The van der Waals surface area contributed by atoms with Crippen molar-refractivity contribution in [3.05, 3.63) is 70.5 Å². The third-order valence-corrected chi connectivity index (χ3v) is 7.15. The Labute approximate surface area is 184 Å². The van der Waals surface area contributed by atoms with Crippen molar-refractivity contribution in [3.8, 4) is 0 Å². The van der Waals surface area contributed by atoms with Gasteiger partial charge in [-0.25, -0.2) is 4.39 Å². The molecule has 0 saturated carbocycles. The third kappa shape index (κ3) is 3.63. The lowest BCUT2D eigenvalue weighted by molar-refractivity contribution is -0.0322. The first-order valence-corrected chi connectivity index (χ1v) is 11.2. The van der Waals surface area contributed by atoms with Crippen molar-refractivity contribution in [1.29, 1.82) is 0 Å². The van der Waals surface area contributed by atoms with E-state index in [1.807, 2.05) is 35.9 Å². The Morgan fingerprint density at radius 2 is 2.10 bits per heavy atom. The zero-order chi connectivity index (χ0) is 21.5. The molecule has 1 aliphatic rings. The highest BCUT2D eigenvalue weighted by molar-refractivity contribution is 7.21. The molecule has 2 aromatic carbocycles. The number of aromatic nitrogens is 1. The number of ether oxygens (including phenoxy) is 1. The summed E-state index contributed by atoms with van der Waals surface area (Å²) in [6.07, 6.45) is 1.90. The van der Waals surface area contributed by atoms with Gasteiger partial charge in [0.05, 0.1) is 23.1 Å². The Kier molecular flexibility index (Phi) is 5.25. The van der Waals surface area contributed by atoms with Gasteiger partial charge in [0.1, 0.15) is 5.82 Å². The standard InChI is InChI=1S/C24H24FN3O2S/c1-26-24(29)23-22(18-5-3-4-6-21(18)31-23)20-14-28(9-10-30-20)13-15-12-27(2)19-11-16(25)7-8-17(15)19/h3-8,11-12,20H,9-10,13-14H2,1-2H3,(H,26,29). The van der Waals surface area contributed by atoms with Crippen molar-refractivity contribution in [3.63, 3.8) is 0 Å². The van der Waals surface area contributed by atoms with Gasteiger partial charge in [0.25, 0.3) is 5.91 Å². The number of thiophene rings is 1. The summed E-state index contributed by atoms with van der Waals surface area (Å²) in [4.78, 5) is 15.7. The molecule has 1 aliphatic heterocycles. The van der Waals surface area contributed by atoms with E-state index < -0.39 is 0 Å². The lowest BCUT2D eigenvalue weighted by Crippen LogP contribution is -2.38. The predicted molar refractivity (Wildman–Crippen MR) is 122 cm³/mol. The number of aryl methyl sites for hydroxylation is 1. The fraction of sp³-hybridized carbons (Fsp3) is 0.292. The highest BCUT2D eigenvalue weighted by Crippen LogP contribution is 2.38. The van der Waals surface area contributed by atoms with Gasteiger partial charge in [-0.1, -0.05) is 18.2 Å². The van der Waals surface area contributed by atoms with Crippen LogP contribution in [0.15, 0.2) is 48.7 Å². The molecule has 1 atom stereocenters. The zero-order valence-corrected chi connectivity index (χ0v) is 18.3. The summed E-state index contributed by atoms with van der Waals surface area (Å²) in [6, 6.07) is 13.1. The Balaban J connectivity index is 1.46. The number of morpholine rings is 1. The highest BCUT2D eigenvalue weighted by atomic mass is 32.1. The van der Waals surface area contributed by atoms with Gasteiger partial charge in [-0.15, -0.1) is 11.3 Å². The number of hydrogen-bond donors (Lipinski definition) is 1. The summed E-state index contributed by atoms with van der Waals surface area (Å²) >= 11 is 1.51. The van der Waals surface area contributed by atoms with Crippen LogP contribution < -0.4 is 5.32 Å². The molecule has 160 valence electrons. The van der Waals surface area contributed by atoms with E-state index >= 15 is 0 Å². The van der Waals surface area contributed by atoms with Crippen molar-refractivity contribution in [2.75, 3.05) is 26.7 Å². The first kappa shape index (κ1) is 20.2. The summed E-state index contributed by atoms with van der Waals surface area (Å²) < 4.78 is 22.9. The summed E-state index contributed by atoms with van der Waals surface area (Å²) in [5, 5.41) is 4.92. The molecule has 1 saturated heterocycles. The van der Waals surface area contributed by atoms with E-state index in [0.717, 1.165) is 44.5 Å². The van der Waals surface area contributed by atoms with Gasteiger partial charge in [-0.05, 0) is 35.2 Å². The molecule has 5 rings (SSSR count). The van der Waals surface area contributed by atoms with Gasteiger partial charge in [0, 0.05) is 55.6 Å². The lowest BCUT2D eigenvalue weighted by atomic mass is 10.0. The Morgan fingerprint density at radius 1 is 1.26 bits per heavy atom. The van der Waals surface area contributed by atoms with Crippen LogP contribution in [0.25, 0.3) is 21.0 Å². The van der Waals surface area contributed by atoms with E-state index in [9.17, 15) is 9.18 Å². The van der Waals surface area contributed by atoms with Gasteiger partial charge >= 0.3 is 0 Å². The highest BCUT2D eigenvalue weighted by Gasteiger charge is 2.29. The number of halogens is 1. The average molecular weight is 438 g/mol. The fourth-order valence-electron chi connectivity index (χ4n) is 4.50. The number of carbonyl (C=O) groups is 1. The third-order valence-electron chi connectivity index (χ3n) is 5.97. The molecule has 2 aromatic heterocycles. The molecular formula is C24H24FN3O2S. The second-order valence-electron chi connectivity index (χ2n) is 7.94. The molecule has 31 heavy (non-hydrogen) atoms. The van der Waals surface area contributed by atoms with Crippen LogP contribution in [0.4, 0.5) is 4.39 Å². The molecule has 1 unspecified atom stereocenters. The normalized spacial score (nSPS) is 17.5. The second-order valence-corrected chi connectivity index (χ2v) is 8.99. The van der Waals surface area contributed by atoms with Crippen molar-refractivity contribution in [2.24, 2.45) is 7.05 Å². The van der Waals surface area contributed by atoms with Crippen molar-refractivity contribution >= 4 is 38.2 Å². The van der Waals surface area contributed by atoms with Crippen LogP contribution in [-0.2, 0) is 18.3 Å². The van der Waals surface area contributed by atoms with Crippen LogP contribution in [0.3, 0.4) is 0 Å². The fourth-order valence-corrected chi connectivity index (χ4v) is 5.70. The van der Waals surface area contributed by atoms with Gasteiger partial charge in [0.2, 0.25) is 0 Å². The number of hydrogen-bond acceptors (Lipinski definition) is 4. The summed E-state index contributed by atoms with van der Waals surface area (Å²) in [7, 11) is 3.61. The van der Waals surface area contributed by atoms with Gasteiger partial charge in [0.15, 0.2) is 0 Å². The van der Waals surface area contributed by atoms with E-state index in [2.05, 4.69) is 22.5 Å². The number of amides is 1. The largest absolute Gasteiger partial charge is 0.371 e. The molecule has 0 bridgehead atoms. The molecule has 3 heterocycles. The zero-order valence-electron chi connectivity index (χ0n) is 17.5. The minimum absolute atomic E-state index is 0.0759. The van der Waals surface area contributed by atoms with Crippen LogP contribution in [0.2, 0.25) is 0 Å². The van der Waals surface area contributed by atoms with Crippen LogP contribution in [-0.4, -0.2) is 42.1 Å². The Morgan fingerprint density at radius 3 is 2.94 bits per heavy atom. The molecule has 1 amide bonds. The Bertz CT molecular complexity index is 1280. The number of benzene rings is 2. The van der Waals surface area contributed by atoms with Gasteiger partial charge in [-0.3, -0.25) is 9.69 Å². The average Bonchev–Trinajstić information content (AvgIpc) is 3.31. The number of nitrogens with zero attached hydrogens (tertiary/aromatic N) is 2. The SMILES string of the molecule is CNC(=O)c1sc2ccccc2c1C1CN(Cc2cn(C)c3cc(F)ccc23)CCO1. The van der Waals surface area contributed by atoms with Crippen LogP contribution in [0.5, 0.6) is 0 Å². The van der Waals surface area contributed by atoms with Crippen molar-refractivity contribution in [1.82, 2.24) is 14.8 Å². The smallest absolute Gasteiger partial charge is 0.261 e. The number of fused-ring (bicyclic) bond motifs is 2. The quantitative estimate of drug-likeness (QED) is 0.513. The molecule has 7 heteroatoms. The summed E-state index contributed by atoms with van der Waals surface area (Å²) in [5.41, 5.74) is 3.04. The molecule has 5 nitrogen and oxygen atoms in total. The molecule has 1 N–H and O–H groups in total. The maximum absolute atomic E-state index is 13.7. The Hall–Kier alpha value is -2.74. The summed E-state index contributed by atoms with van der Waals surface area (Å²) in [5.74, 6) is -0.300. The summed E-state index contributed by atoms with van der Waals surface area (Å²) in [6.45, 7) is 2.86. The van der Waals surface area contributed by atoms with Crippen molar-refractivity contribution < 1.29 is 13.9 Å². The first-order chi connectivity index (χ1) is 15.0. The number of rotatable bonds is 4. The van der Waals surface area contributed by atoms with E-state index in [0.29, 0.717) is 13.2 Å². The van der Waals surface area contributed by atoms with Crippen LogP contribution in [0, 0.1) is 5.82 Å². The molecule has 0 spiro atoms. The van der Waals surface area contributed by atoms with Crippen molar-refractivity contribution in [2.45, 2.75) is 12.6 Å². The molecule has 4 aromatic rings. The van der Waals surface area contributed by atoms with E-state index in [-0.39, 0.29) is 17.8 Å². The minimum atomic E-state index is -0.224. The van der Waals surface area contributed by atoms with E-state index in [4.69, 9.17) is 4.74 Å². The molecule has 1 fully saturated rings. The van der Waals surface area contributed by atoms with E-state index in [1.54, 1.807) is 13.1 Å². The van der Waals surface area contributed by atoms with Gasteiger partial charge < -0.3 is 14.6 Å². The van der Waals surface area contributed by atoms with Crippen LogP contribution in [0.1, 0.15) is 26.9 Å². The maximum atomic E-state index is 13.7. The monoisotopic (exact) mass is 437 g/mol. The minimum Gasteiger partial charge on any atom is -0.371 e. The van der Waals surface area contributed by atoms with Gasteiger partial charge in [-0.2, -0.15) is 0 Å². The first-order valence-electron chi connectivity index (χ1n) is 10.4. The van der Waals surface area contributed by atoms with Crippen LogP contribution >= 0.6 is 11.3 Å². The topological polar surface area (TPSA) is 46.5 Å². The predicted octanol–water partition coefficient (Wildman–Crippen LogP) is 4.47. The molecule has 0 aliphatic carbocycles. The lowest BCUT2D eigenvalue weighted by Gasteiger charge is -2.33. The number of nitrogens with one attached hydrogen (secondary N) is 1. The second kappa shape index (κ2) is 8.07. The maximum Gasteiger partial charge on any atom is 0.261 e. The molecular weight excluding hydrogens is 413 g/mol.